The number of nitrogens with zero attached hydrogens (tertiary/aromatic N) is 1. The van der Waals surface area contributed by atoms with Crippen molar-refractivity contribution in [3.63, 3.8) is 0 Å². The monoisotopic (exact) mass is 365 g/mol. The Labute approximate surface area is 155 Å². The van der Waals surface area contributed by atoms with Gasteiger partial charge in [0.2, 0.25) is 0 Å². The summed E-state index contributed by atoms with van der Waals surface area (Å²) in [4.78, 5) is 26.6. The second-order valence-electron chi connectivity index (χ2n) is 6.98. The molecule has 25 heavy (non-hydrogen) atoms. The van der Waals surface area contributed by atoms with Gasteiger partial charge in [-0.3, -0.25) is 4.79 Å². The number of thiazole rings is 1. The van der Waals surface area contributed by atoms with Crippen molar-refractivity contribution in [3.05, 3.63) is 27.7 Å². The van der Waals surface area contributed by atoms with Gasteiger partial charge in [-0.1, -0.05) is 25.5 Å². The number of ether oxygens (including phenoxy) is 1. The van der Waals surface area contributed by atoms with Crippen LogP contribution in [0.15, 0.2) is 17.0 Å². The molecule has 4 nitrogen and oxygen atoms in total. The predicted molar refractivity (Wildman–Crippen MR) is 103 cm³/mol. The number of hydrogen-bond donors (Lipinski definition) is 0. The van der Waals surface area contributed by atoms with E-state index in [0.717, 1.165) is 49.1 Å². The van der Waals surface area contributed by atoms with Crippen molar-refractivity contribution in [2.24, 2.45) is 11.8 Å². The summed E-state index contributed by atoms with van der Waals surface area (Å²) in [6.45, 7) is 9.62. The van der Waals surface area contributed by atoms with Gasteiger partial charge >= 0.3 is 5.97 Å². The Morgan fingerprint density at radius 2 is 2.08 bits per heavy atom. The first-order valence-electron chi connectivity index (χ1n) is 9.01. The molecule has 0 radical (unpaired) electrons. The first-order chi connectivity index (χ1) is 11.8. The third-order valence-corrected chi connectivity index (χ3v) is 5.13. The average molecular weight is 366 g/mol. The van der Waals surface area contributed by atoms with Crippen molar-refractivity contribution < 1.29 is 14.3 Å². The van der Waals surface area contributed by atoms with Gasteiger partial charge in [-0.05, 0) is 45.4 Å². The highest BCUT2D eigenvalue weighted by Gasteiger charge is 2.20. The Kier molecular flexibility index (Phi) is 9.65. The molecule has 5 heteroatoms. The Hall–Kier alpha value is -1.49. The molecular weight excluding hydrogens is 334 g/mol. The van der Waals surface area contributed by atoms with Crippen LogP contribution in [-0.2, 0) is 20.7 Å². The van der Waals surface area contributed by atoms with E-state index in [4.69, 9.17) is 4.74 Å². The smallest absolute Gasteiger partial charge is 0.302 e. The molecule has 1 aromatic rings. The largest absolute Gasteiger partial charge is 0.462 e. The van der Waals surface area contributed by atoms with Crippen LogP contribution in [0.25, 0.3) is 0 Å². The number of rotatable bonds is 11. The molecule has 0 aliphatic rings. The van der Waals surface area contributed by atoms with Gasteiger partial charge in [-0.15, -0.1) is 11.3 Å². The Balaban J connectivity index is 2.57. The van der Waals surface area contributed by atoms with E-state index in [0.29, 0.717) is 0 Å². The van der Waals surface area contributed by atoms with Crippen LogP contribution < -0.4 is 0 Å². The normalized spacial score (nSPS) is 15.5. The summed E-state index contributed by atoms with van der Waals surface area (Å²) >= 11 is 1.65. The Morgan fingerprint density at radius 3 is 2.64 bits per heavy atom. The van der Waals surface area contributed by atoms with Crippen LogP contribution in [0.4, 0.5) is 0 Å². The molecule has 0 bridgehead atoms. The Morgan fingerprint density at radius 1 is 1.36 bits per heavy atom. The molecule has 0 spiro atoms. The van der Waals surface area contributed by atoms with Crippen LogP contribution in [0.5, 0.6) is 0 Å². The number of aryl methyl sites for hydroxylation is 1. The number of esters is 1. The van der Waals surface area contributed by atoms with E-state index >= 15 is 0 Å². The zero-order chi connectivity index (χ0) is 18.8. The topological polar surface area (TPSA) is 56.3 Å². The van der Waals surface area contributed by atoms with Gasteiger partial charge in [-0.25, -0.2) is 4.98 Å². The van der Waals surface area contributed by atoms with E-state index in [1.807, 2.05) is 13.8 Å². The minimum absolute atomic E-state index is 0.128. The molecule has 1 aromatic heterocycles. The van der Waals surface area contributed by atoms with Gasteiger partial charge in [0.1, 0.15) is 12.4 Å². The van der Waals surface area contributed by atoms with Gasteiger partial charge in [0.05, 0.1) is 10.7 Å². The lowest BCUT2D eigenvalue weighted by atomic mass is 9.95. The maximum atomic E-state index is 11.5. The van der Waals surface area contributed by atoms with Crippen LogP contribution in [0.1, 0.15) is 64.1 Å². The van der Waals surface area contributed by atoms with Crippen molar-refractivity contribution >= 4 is 23.6 Å². The maximum Gasteiger partial charge on any atom is 0.302 e. The summed E-state index contributed by atoms with van der Waals surface area (Å²) in [5.41, 5.74) is 2.35. The highest BCUT2D eigenvalue weighted by Crippen LogP contribution is 2.21. The van der Waals surface area contributed by atoms with E-state index in [1.54, 1.807) is 11.3 Å². The third-order valence-electron chi connectivity index (χ3n) is 4.31. The molecule has 0 N–H and O–H groups in total. The Bertz CT molecular complexity index is 579. The summed E-state index contributed by atoms with van der Waals surface area (Å²) in [7, 11) is 0. The molecular formula is C20H31NO3S. The number of carbonyl (C=O) groups is 2. The van der Waals surface area contributed by atoms with Gasteiger partial charge in [0, 0.05) is 24.6 Å². The molecule has 0 fully saturated rings. The maximum absolute atomic E-state index is 11.5. The predicted octanol–water partition coefficient (Wildman–Crippen LogP) is 4.90. The zero-order valence-electron chi connectivity index (χ0n) is 16.1. The second kappa shape index (κ2) is 11.2. The highest BCUT2D eigenvalue weighted by molar-refractivity contribution is 7.09. The minimum atomic E-state index is -0.239. The van der Waals surface area contributed by atoms with Crippen LogP contribution in [0, 0.1) is 18.8 Å². The van der Waals surface area contributed by atoms with Gasteiger partial charge in [-0.2, -0.15) is 0 Å². The SMILES string of the molecule is CC(=O)OC(C/C=C(/C)CCCC(C)C=O)C(C)Cc1csc(C)n1. The summed E-state index contributed by atoms with van der Waals surface area (Å²) in [5, 5.41) is 3.14. The number of hydrogen-bond acceptors (Lipinski definition) is 5. The lowest BCUT2D eigenvalue weighted by Crippen LogP contribution is -2.25. The van der Waals surface area contributed by atoms with Gasteiger partial charge < -0.3 is 9.53 Å². The summed E-state index contributed by atoms with van der Waals surface area (Å²) in [6.07, 6.45) is 7.48. The molecule has 0 amide bonds. The number of aromatic nitrogens is 1. The minimum Gasteiger partial charge on any atom is -0.462 e. The first-order valence-corrected chi connectivity index (χ1v) is 9.89. The number of carbonyl (C=O) groups excluding carboxylic acids is 2. The molecule has 3 unspecified atom stereocenters. The first kappa shape index (κ1) is 21.6. The van der Waals surface area contributed by atoms with Crippen LogP contribution in [0.2, 0.25) is 0 Å². The fourth-order valence-corrected chi connectivity index (χ4v) is 3.39. The van der Waals surface area contributed by atoms with E-state index < -0.39 is 0 Å². The van der Waals surface area contributed by atoms with Crippen molar-refractivity contribution in [1.82, 2.24) is 4.98 Å². The molecule has 0 aliphatic heterocycles. The van der Waals surface area contributed by atoms with Gasteiger partial charge in [0.15, 0.2) is 0 Å². The highest BCUT2D eigenvalue weighted by atomic mass is 32.1. The van der Waals surface area contributed by atoms with Crippen molar-refractivity contribution in [2.45, 2.75) is 72.8 Å². The van der Waals surface area contributed by atoms with Gasteiger partial charge in [0.25, 0.3) is 0 Å². The second-order valence-corrected chi connectivity index (χ2v) is 8.04. The summed E-state index contributed by atoms with van der Waals surface area (Å²) in [5.74, 6) is 0.102. The van der Waals surface area contributed by atoms with E-state index in [1.165, 1.54) is 12.5 Å². The molecule has 140 valence electrons. The van der Waals surface area contributed by atoms with Crippen LogP contribution in [0.3, 0.4) is 0 Å². The van der Waals surface area contributed by atoms with E-state index in [2.05, 4.69) is 30.3 Å². The summed E-state index contributed by atoms with van der Waals surface area (Å²) in [6, 6.07) is 0. The molecule has 3 atom stereocenters. The van der Waals surface area contributed by atoms with E-state index in [-0.39, 0.29) is 23.9 Å². The molecule has 0 saturated carbocycles. The molecule has 0 aliphatic carbocycles. The fourth-order valence-electron chi connectivity index (χ4n) is 2.76. The molecule has 1 rings (SSSR count). The molecule has 0 saturated heterocycles. The quantitative estimate of drug-likeness (QED) is 0.318. The van der Waals surface area contributed by atoms with Crippen molar-refractivity contribution in [1.29, 1.82) is 0 Å². The van der Waals surface area contributed by atoms with Crippen molar-refractivity contribution in [3.8, 4) is 0 Å². The molecule has 1 heterocycles. The van der Waals surface area contributed by atoms with Crippen LogP contribution >= 0.6 is 11.3 Å². The fraction of sp³-hybridized carbons (Fsp3) is 0.650. The lowest BCUT2D eigenvalue weighted by Gasteiger charge is -2.22. The number of allylic oxidation sites excluding steroid dienone is 1. The van der Waals surface area contributed by atoms with Crippen LogP contribution in [-0.4, -0.2) is 23.3 Å². The summed E-state index contributed by atoms with van der Waals surface area (Å²) < 4.78 is 5.55. The third kappa shape index (κ3) is 8.96. The standard InChI is InChI=1S/C20H31NO3S/c1-14(7-6-8-15(2)12-22)9-10-20(24-18(5)23)16(3)11-19-13-25-17(4)21-19/h9,12-13,15-16,20H,6-8,10-11H2,1-5H3/b14-9-. The zero-order valence-corrected chi connectivity index (χ0v) is 16.9. The van der Waals surface area contributed by atoms with Crippen molar-refractivity contribution in [2.75, 3.05) is 0 Å². The average Bonchev–Trinajstić information content (AvgIpc) is 2.95. The lowest BCUT2D eigenvalue weighted by molar-refractivity contribution is -0.148. The molecule has 0 aromatic carbocycles. The number of aldehydes is 1. The van der Waals surface area contributed by atoms with E-state index in [9.17, 15) is 9.59 Å².